The number of aryl methyl sites for hydroxylation is 1. The summed E-state index contributed by atoms with van der Waals surface area (Å²) in [6.07, 6.45) is 4.54. The summed E-state index contributed by atoms with van der Waals surface area (Å²) in [6, 6.07) is 0. The fourth-order valence-corrected chi connectivity index (χ4v) is 3.03. The van der Waals surface area contributed by atoms with Crippen LogP contribution in [0.1, 0.15) is 39.6 Å². The zero-order valence-electron chi connectivity index (χ0n) is 10.2. The van der Waals surface area contributed by atoms with Gasteiger partial charge in [-0.2, -0.15) is 0 Å². The first kappa shape index (κ1) is 12.5. The second-order valence-electron chi connectivity index (χ2n) is 4.21. The second kappa shape index (κ2) is 5.60. The summed E-state index contributed by atoms with van der Waals surface area (Å²) in [7, 11) is 1.39. The Morgan fingerprint density at radius 3 is 3.06 bits per heavy atom. The molecule has 1 unspecified atom stereocenters. The summed E-state index contributed by atoms with van der Waals surface area (Å²) in [6.45, 7) is 2.69. The zero-order chi connectivity index (χ0) is 12.3. The molecule has 94 valence electrons. The Kier molecular flexibility index (Phi) is 4.12. The standard InChI is InChI=1S/C12H17NO3S/c1-8-11(12(14)15-2)17-10(13-8)7-9-5-3-4-6-16-9/h9H,3-7H2,1-2H3. The number of nitrogens with zero attached hydrogens (tertiary/aromatic N) is 1. The van der Waals surface area contributed by atoms with Gasteiger partial charge in [0.2, 0.25) is 0 Å². The fourth-order valence-electron chi connectivity index (χ4n) is 1.98. The Morgan fingerprint density at radius 2 is 2.41 bits per heavy atom. The highest BCUT2D eigenvalue weighted by atomic mass is 32.1. The Morgan fingerprint density at radius 1 is 1.59 bits per heavy atom. The van der Waals surface area contributed by atoms with Gasteiger partial charge in [-0.3, -0.25) is 0 Å². The van der Waals surface area contributed by atoms with Crippen LogP contribution in [0.25, 0.3) is 0 Å². The average Bonchev–Trinajstić information content (AvgIpc) is 2.70. The van der Waals surface area contributed by atoms with Crippen molar-refractivity contribution in [2.45, 2.75) is 38.7 Å². The van der Waals surface area contributed by atoms with Crippen LogP contribution < -0.4 is 0 Å². The first-order valence-electron chi connectivity index (χ1n) is 5.87. The molecule has 5 heteroatoms. The molecule has 1 aromatic rings. The highest BCUT2D eigenvalue weighted by Gasteiger charge is 2.20. The van der Waals surface area contributed by atoms with Gasteiger partial charge in [0.1, 0.15) is 4.88 Å². The number of hydrogen-bond acceptors (Lipinski definition) is 5. The van der Waals surface area contributed by atoms with Crippen LogP contribution in [0.4, 0.5) is 0 Å². The minimum absolute atomic E-state index is 0.264. The third-order valence-corrected chi connectivity index (χ3v) is 4.05. The van der Waals surface area contributed by atoms with Crippen LogP contribution in [-0.4, -0.2) is 30.8 Å². The van der Waals surface area contributed by atoms with E-state index in [9.17, 15) is 4.79 Å². The van der Waals surface area contributed by atoms with Crippen molar-refractivity contribution in [3.05, 3.63) is 15.6 Å². The van der Waals surface area contributed by atoms with Gasteiger partial charge in [0.05, 0.1) is 23.9 Å². The quantitative estimate of drug-likeness (QED) is 0.778. The molecule has 4 nitrogen and oxygen atoms in total. The number of aromatic nitrogens is 1. The van der Waals surface area contributed by atoms with Gasteiger partial charge in [-0.1, -0.05) is 0 Å². The van der Waals surface area contributed by atoms with E-state index >= 15 is 0 Å². The largest absolute Gasteiger partial charge is 0.465 e. The molecule has 0 aromatic carbocycles. The zero-order valence-corrected chi connectivity index (χ0v) is 11.0. The Bertz CT molecular complexity index is 396. The van der Waals surface area contributed by atoms with Gasteiger partial charge in [0, 0.05) is 13.0 Å². The Labute approximate surface area is 105 Å². The Hall–Kier alpha value is -0.940. The van der Waals surface area contributed by atoms with Crippen molar-refractivity contribution in [1.82, 2.24) is 4.98 Å². The van der Waals surface area contributed by atoms with Crippen LogP contribution in [0.2, 0.25) is 0 Å². The number of methoxy groups -OCH3 is 1. The van der Waals surface area contributed by atoms with Gasteiger partial charge in [-0.15, -0.1) is 11.3 Å². The van der Waals surface area contributed by atoms with Crippen molar-refractivity contribution in [3.63, 3.8) is 0 Å². The summed E-state index contributed by atoms with van der Waals surface area (Å²) in [5, 5.41) is 0.967. The highest BCUT2D eigenvalue weighted by molar-refractivity contribution is 7.13. The van der Waals surface area contributed by atoms with Crippen molar-refractivity contribution < 1.29 is 14.3 Å². The number of ether oxygens (including phenoxy) is 2. The van der Waals surface area contributed by atoms with Crippen molar-refractivity contribution in [2.24, 2.45) is 0 Å². The summed E-state index contributed by atoms with van der Waals surface area (Å²) in [4.78, 5) is 16.5. The lowest BCUT2D eigenvalue weighted by Gasteiger charge is -2.21. The number of thiazole rings is 1. The summed E-state index contributed by atoms with van der Waals surface area (Å²) < 4.78 is 10.4. The molecule has 0 radical (unpaired) electrons. The normalized spacial score (nSPS) is 20.2. The topological polar surface area (TPSA) is 48.4 Å². The van der Waals surface area contributed by atoms with Crippen LogP contribution in [-0.2, 0) is 15.9 Å². The molecule has 1 aliphatic rings. The van der Waals surface area contributed by atoms with Crippen LogP contribution in [0.5, 0.6) is 0 Å². The number of esters is 1. The first-order valence-corrected chi connectivity index (χ1v) is 6.68. The summed E-state index contributed by atoms with van der Waals surface area (Å²) in [5.41, 5.74) is 0.757. The molecule has 1 aromatic heterocycles. The lowest BCUT2D eigenvalue weighted by Crippen LogP contribution is -2.21. The maximum atomic E-state index is 11.5. The van der Waals surface area contributed by atoms with Gasteiger partial charge < -0.3 is 9.47 Å². The van der Waals surface area contributed by atoms with Crippen molar-refractivity contribution in [1.29, 1.82) is 0 Å². The first-order chi connectivity index (χ1) is 8.20. The van der Waals surface area contributed by atoms with Gasteiger partial charge in [-0.25, -0.2) is 9.78 Å². The lowest BCUT2D eigenvalue weighted by molar-refractivity contribution is 0.0167. The van der Waals surface area contributed by atoms with Crippen molar-refractivity contribution in [3.8, 4) is 0 Å². The molecule has 2 heterocycles. The minimum Gasteiger partial charge on any atom is -0.465 e. The molecule has 0 aliphatic carbocycles. The van der Waals surface area contributed by atoms with Crippen LogP contribution >= 0.6 is 11.3 Å². The van der Waals surface area contributed by atoms with Crippen molar-refractivity contribution >= 4 is 17.3 Å². The smallest absolute Gasteiger partial charge is 0.349 e. The van der Waals surface area contributed by atoms with Crippen LogP contribution in [0, 0.1) is 6.92 Å². The summed E-state index contributed by atoms with van der Waals surface area (Å²) in [5.74, 6) is -0.296. The number of carbonyl (C=O) groups is 1. The SMILES string of the molecule is COC(=O)c1sc(CC2CCCCO2)nc1C. The molecule has 1 aliphatic heterocycles. The van der Waals surface area contributed by atoms with Gasteiger partial charge in [0.15, 0.2) is 0 Å². The van der Waals surface area contributed by atoms with E-state index in [2.05, 4.69) is 4.98 Å². The van der Waals surface area contributed by atoms with E-state index in [1.165, 1.54) is 24.9 Å². The van der Waals surface area contributed by atoms with Gasteiger partial charge in [0.25, 0.3) is 0 Å². The third-order valence-electron chi connectivity index (χ3n) is 2.89. The van der Waals surface area contributed by atoms with E-state index in [1.54, 1.807) is 0 Å². The highest BCUT2D eigenvalue weighted by Crippen LogP contribution is 2.23. The second-order valence-corrected chi connectivity index (χ2v) is 5.29. The number of rotatable bonds is 3. The Balaban J connectivity index is 2.03. The van der Waals surface area contributed by atoms with Crippen LogP contribution in [0.15, 0.2) is 0 Å². The fraction of sp³-hybridized carbons (Fsp3) is 0.667. The maximum absolute atomic E-state index is 11.5. The average molecular weight is 255 g/mol. The summed E-state index contributed by atoms with van der Waals surface area (Å²) >= 11 is 1.42. The predicted molar refractivity (Wildman–Crippen MR) is 65.5 cm³/mol. The monoisotopic (exact) mass is 255 g/mol. The molecule has 2 rings (SSSR count). The number of carbonyl (C=O) groups excluding carboxylic acids is 1. The predicted octanol–water partition coefficient (Wildman–Crippen LogP) is 2.35. The molecule has 0 spiro atoms. The molecule has 0 amide bonds. The minimum atomic E-state index is -0.296. The molecule has 1 atom stereocenters. The molecule has 0 N–H and O–H groups in total. The molecule has 17 heavy (non-hydrogen) atoms. The molecular weight excluding hydrogens is 238 g/mol. The third kappa shape index (κ3) is 3.04. The molecule has 0 saturated carbocycles. The lowest BCUT2D eigenvalue weighted by atomic mass is 10.1. The molecule has 1 saturated heterocycles. The molecular formula is C12H17NO3S. The van der Waals surface area contributed by atoms with Gasteiger partial charge in [-0.05, 0) is 26.2 Å². The molecule has 0 bridgehead atoms. The van der Waals surface area contributed by atoms with E-state index < -0.39 is 0 Å². The maximum Gasteiger partial charge on any atom is 0.349 e. The van der Waals surface area contributed by atoms with E-state index in [0.717, 1.165) is 36.6 Å². The van der Waals surface area contributed by atoms with Gasteiger partial charge >= 0.3 is 5.97 Å². The van der Waals surface area contributed by atoms with Crippen LogP contribution in [0.3, 0.4) is 0 Å². The van der Waals surface area contributed by atoms with E-state index in [1.807, 2.05) is 6.92 Å². The van der Waals surface area contributed by atoms with E-state index in [-0.39, 0.29) is 12.1 Å². The van der Waals surface area contributed by atoms with E-state index in [0.29, 0.717) is 4.88 Å². The number of hydrogen-bond donors (Lipinski definition) is 0. The van der Waals surface area contributed by atoms with Crippen molar-refractivity contribution in [2.75, 3.05) is 13.7 Å². The molecule has 1 fully saturated rings. The van der Waals surface area contributed by atoms with E-state index in [4.69, 9.17) is 9.47 Å².